The van der Waals surface area contributed by atoms with Crippen molar-refractivity contribution in [1.29, 1.82) is 0 Å². The average molecular weight is 237 g/mol. The summed E-state index contributed by atoms with van der Waals surface area (Å²) in [5.41, 5.74) is 6.83. The second kappa shape index (κ2) is 7.30. The van der Waals surface area contributed by atoms with Crippen molar-refractivity contribution in [2.75, 3.05) is 19.8 Å². The zero-order valence-electron chi connectivity index (χ0n) is 10.7. The predicted molar refractivity (Wildman–Crippen MR) is 70.1 cm³/mol. The van der Waals surface area contributed by atoms with Crippen LogP contribution in [0.3, 0.4) is 0 Å². The Morgan fingerprint density at radius 1 is 1.24 bits per heavy atom. The second-order valence-corrected chi connectivity index (χ2v) is 4.75. The zero-order valence-corrected chi connectivity index (χ0v) is 10.7. The lowest BCUT2D eigenvalue weighted by atomic mass is 10.0. The van der Waals surface area contributed by atoms with Gasteiger partial charge < -0.3 is 15.6 Å². The molecule has 0 aliphatic carbocycles. The molecule has 3 nitrogen and oxygen atoms in total. The number of aliphatic hydroxyl groups is 1. The van der Waals surface area contributed by atoms with Crippen molar-refractivity contribution in [3.05, 3.63) is 29.8 Å². The minimum absolute atomic E-state index is 0.154. The molecule has 0 heterocycles. The molecule has 0 radical (unpaired) electrons. The van der Waals surface area contributed by atoms with Gasteiger partial charge in [0.1, 0.15) is 5.75 Å². The fourth-order valence-electron chi connectivity index (χ4n) is 1.56. The molecule has 0 aliphatic heterocycles. The predicted octanol–water partition coefficient (Wildman–Crippen LogP) is 1.83. The summed E-state index contributed by atoms with van der Waals surface area (Å²) < 4.78 is 5.73. The molecule has 0 saturated carbocycles. The molecule has 1 rings (SSSR count). The minimum atomic E-state index is 0.154. The molecule has 0 fully saturated rings. The number of rotatable bonds is 7. The summed E-state index contributed by atoms with van der Waals surface area (Å²) in [6, 6.07) is 8.03. The summed E-state index contributed by atoms with van der Waals surface area (Å²) in [5, 5.41) is 8.97. The van der Waals surface area contributed by atoms with Crippen LogP contribution in [0.1, 0.15) is 19.4 Å². The fourth-order valence-corrected chi connectivity index (χ4v) is 1.56. The van der Waals surface area contributed by atoms with E-state index >= 15 is 0 Å². The molecule has 0 amide bonds. The van der Waals surface area contributed by atoms with Gasteiger partial charge in [0.25, 0.3) is 0 Å². The highest BCUT2D eigenvalue weighted by atomic mass is 16.5. The van der Waals surface area contributed by atoms with Crippen molar-refractivity contribution in [2.45, 2.75) is 20.3 Å². The third-order valence-electron chi connectivity index (χ3n) is 2.78. The Balaban J connectivity index is 2.64. The lowest BCUT2D eigenvalue weighted by Gasteiger charge is -2.16. The maximum absolute atomic E-state index is 8.97. The van der Waals surface area contributed by atoms with Crippen LogP contribution in [-0.2, 0) is 6.42 Å². The summed E-state index contributed by atoms with van der Waals surface area (Å²) in [5.74, 6) is 1.53. The number of ether oxygens (including phenoxy) is 1. The van der Waals surface area contributed by atoms with E-state index in [1.807, 2.05) is 25.1 Å². The van der Waals surface area contributed by atoms with Gasteiger partial charge in [-0.15, -0.1) is 0 Å². The van der Waals surface area contributed by atoms with Crippen LogP contribution in [0.15, 0.2) is 24.3 Å². The zero-order chi connectivity index (χ0) is 12.7. The topological polar surface area (TPSA) is 55.5 Å². The van der Waals surface area contributed by atoms with Gasteiger partial charge in [0.15, 0.2) is 0 Å². The van der Waals surface area contributed by atoms with Crippen LogP contribution >= 0.6 is 0 Å². The Morgan fingerprint density at radius 3 is 2.59 bits per heavy atom. The molecule has 0 bridgehead atoms. The Hall–Kier alpha value is -1.06. The molecule has 3 N–H and O–H groups in total. The van der Waals surface area contributed by atoms with Crippen LogP contribution < -0.4 is 10.5 Å². The molecule has 0 saturated heterocycles. The van der Waals surface area contributed by atoms with Gasteiger partial charge in [-0.25, -0.2) is 0 Å². The third kappa shape index (κ3) is 4.75. The molecule has 17 heavy (non-hydrogen) atoms. The monoisotopic (exact) mass is 237 g/mol. The van der Waals surface area contributed by atoms with Gasteiger partial charge in [-0.3, -0.25) is 0 Å². The average Bonchev–Trinajstić information content (AvgIpc) is 2.37. The third-order valence-corrected chi connectivity index (χ3v) is 2.78. The molecule has 1 aromatic carbocycles. The molecular formula is C14H23NO2. The Bertz CT molecular complexity index is 328. The van der Waals surface area contributed by atoms with Gasteiger partial charge in [0.2, 0.25) is 0 Å². The smallest absolute Gasteiger partial charge is 0.122 e. The fraction of sp³-hybridized carbons (Fsp3) is 0.571. The molecule has 0 aromatic heterocycles. The van der Waals surface area contributed by atoms with Crippen LogP contribution in [0, 0.1) is 11.8 Å². The SMILES string of the molecule is C[C@H](CO)COc1ccccc1C[C@H](C)CN. The highest BCUT2D eigenvalue weighted by molar-refractivity contribution is 5.33. The van der Waals surface area contributed by atoms with Crippen LogP contribution in [-0.4, -0.2) is 24.9 Å². The molecule has 1 aromatic rings. The van der Waals surface area contributed by atoms with Crippen LogP contribution in [0.4, 0.5) is 0 Å². The Labute approximate surface area is 104 Å². The summed E-state index contributed by atoms with van der Waals surface area (Å²) >= 11 is 0. The maximum Gasteiger partial charge on any atom is 0.122 e. The first-order valence-corrected chi connectivity index (χ1v) is 6.19. The first-order valence-electron chi connectivity index (χ1n) is 6.19. The van der Waals surface area contributed by atoms with E-state index in [9.17, 15) is 0 Å². The van der Waals surface area contributed by atoms with E-state index in [0.717, 1.165) is 12.2 Å². The number of benzene rings is 1. The van der Waals surface area contributed by atoms with E-state index in [1.54, 1.807) is 0 Å². The van der Waals surface area contributed by atoms with Crippen LogP contribution in [0.2, 0.25) is 0 Å². The van der Waals surface area contributed by atoms with E-state index in [0.29, 0.717) is 19.1 Å². The highest BCUT2D eigenvalue weighted by Crippen LogP contribution is 2.21. The summed E-state index contributed by atoms with van der Waals surface area (Å²) in [7, 11) is 0. The summed E-state index contributed by atoms with van der Waals surface area (Å²) in [4.78, 5) is 0. The summed E-state index contributed by atoms with van der Waals surface area (Å²) in [6.07, 6.45) is 0.931. The first kappa shape index (κ1) is 14.0. The number of hydrogen-bond donors (Lipinski definition) is 2. The van der Waals surface area contributed by atoms with Crippen LogP contribution in [0.5, 0.6) is 5.75 Å². The van der Waals surface area contributed by atoms with Gasteiger partial charge in [0, 0.05) is 12.5 Å². The largest absolute Gasteiger partial charge is 0.493 e. The van der Waals surface area contributed by atoms with Gasteiger partial charge >= 0.3 is 0 Å². The van der Waals surface area contributed by atoms with Crippen molar-refractivity contribution in [3.8, 4) is 5.75 Å². The van der Waals surface area contributed by atoms with Crippen molar-refractivity contribution in [3.63, 3.8) is 0 Å². The maximum atomic E-state index is 8.97. The van der Waals surface area contributed by atoms with Gasteiger partial charge in [-0.05, 0) is 30.5 Å². The molecular weight excluding hydrogens is 214 g/mol. The van der Waals surface area contributed by atoms with E-state index in [-0.39, 0.29) is 12.5 Å². The molecule has 0 unspecified atom stereocenters. The number of aliphatic hydroxyl groups excluding tert-OH is 1. The molecule has 2 atom stereocenters. The van der Waals surface area contributed by atoms with E-state index in [2.05, 4.69) is 13.0 Å². The lowest BCUT2D eigenvalue weighted by Crippen LogP contribution is -2.15. The van der Waals surface area contributed by atoms with E-state index < -0.39 is 0 Å². The quantitative estimate of drug-likeness (QED) is 0.760. The molecule has 0 spiro atoms. The molecule has 3 heteroatoms. The van der Waals surface area contributed by atoms with E-state index in [1.165, 1.54) is 5.56 Å². The first-order chi connectivity index (χ1) is 8.17. The van der Waals surface area contributed by atoms with Crippen molar-refractivity contribution >= 4 is 0 Å². The number of nitrogens with two attached hydrogens (primary N) is 1. The normalized spacial score (nSPS) is 14.4. The van der Waals surface area contributed by atoms with Gasteiger partial charge in [-0.2, -0.15) is 0 Å². The van der Waals surface area contributed by atoms with Gasteiger partial charge in [-0.1, -0.05) is 32.0 Å². The standard InChI is InChI=1S/C14H23NO2/c1-11(8-15)7-13-5-3-4-6-14(13)17-10-12(2)9-16/h3-6,11-12,16H,7-10,15H2,1-2H3/t11-,12+/m0/s1. The van der Waals surface area contributed by atoms with Crippen molar-refractivity contribution in [2.24, 2.45) is 17.6 Å². The minimum Gasteiger partial charge on any atom is -0.493 e. The molecule has 96 valence electrons. The molecule has 0 aliphatic rings. The van der Waals surface area contributed by atoms with Gasteiger partial charge in [0.05, 0.1) is 6.61 Å². The highest BCUT2D eigenvalue weighted by Gasteiger charge is 2.08. The van der Waals surface area contributed by atoms with Crippen molar-refractivity contribution in [1.82, 2.24) is 0 Å². The lowest BCUT2D eigenvalue weighted by molar-refractivity contribution is 0.173. The van der Waals surface area contributed by atoms with Crippen molar-refractivity contribution < 1.29 is 9.84 Å². The van der Waals surface area contributed by atoms with Crippen LogP contribution in [0.25, 0.3) is 0 Å². The second-order valence-electron chi connectivity index (χ2n) is 4.75. The van der Waals surface area contributed by atoms with E-state index in [4.69, 9.17) is 15.6 Å². The Kier molecular flexibility index (Phi) is 6.01. The number of hydrogen-bond acceptors (Lipinski definition) is 3. The Morgan fingerprint density at radius 2 is 1.94 bits per heavy atom. The number of para-hydroxylation sites is 1. The summed E-state index contributed by atoms with van der Waals surface area (Å²) in [6.45, 7) is 5.48.